The van der Waals surface area contributed by atoms with Gasteiger partial charge in [0.25, 0.3) is 0 Å². The Morgan fingerprint density at radius 2 is 2.12 bits per heavy atom. The monoisotopic (exact) mass is 347 g/mol. The van der Waals surface area contributed by atoms with Crippen molar-refractivity contribution in [3.63, 3.8) is 0 Å². The molecule has 0 unspecified atom stereocenters. The lowest BCUT2D eigenvalue weighted by Crippen LogP contribution is -2.48. The molecular weight excluding hydrogens is 322 g/mol. The summed E-state index contributed by atoms with van der Waals surface area (Å²) in [4.78, 5) is 22.5. The van der Waals surface area contributed by atoms with Crippen LogP contribution < -0.4 is 4.74 Å². The van der Waals surface area contributed by atoms with Gasteiger partial charge in [-0.2, -0.15) is 0 Å². The highest BCUT2D eigenvalue weighted by Gasteiger charge is 2.28. The zero-order chi connectivity index (χ0) is 17.1. The predicted molar refractivity (Wildman–Crippen MR) is 97.6 cm³/mol. The van der Waals surface area contributed by atoms with Crippen molar-refractivity contribution in [1.82, 2.24) is 14.9 Å². The van der Waals surface area contributed by atoms with Crippen LogP contribution in [-0.2, 0) is 4.79 Å². The Bertz CT molecular complexity index is 705. The highest BCUT2D eigenvalue weighted by atomic mass is 32.2. The fraction of sp³-hybridized carbons (Fsp3) is 0.556. The summed E-state index contributed by atoms with van der Waals surface area (Å²) < 4.78 is 5.51. The lowest BCUT2D eigenvalue weighted by molar-refractivity contribution is -0.134. The number of rotatable bonds is 5. The van der Waals surface area contributed by atoms with Crippen molar-refractivity contribution in [2.75, 3.05) is 12.4 Å². The molecule has 1 fully saturated rings. The molecule has 0 spiro atoms. The summed E-state index contributed by atoms with van der Waals surface area (Å²) in [7, 11) is 0. The van der Waals surface area contributed by atoms with Crippen LogP contribution in [0.5, 0.6) is 5.75 Å². The van der Waals surface area contributed by atoms with Gasteiger partial charge in [0.2, 0.25) is 5.91 Å². The summed E-state index contributed by atoms with van der Waals surface area (Å²) in [6.45, 7) is 6.90. The van der Waals surface area contributed by atoms with Crippen molar-refractivity contribution in [3.8, 4) is 5.75 Å². The highest BCUT2D eigenvalue weighted by Crippen LogP contribution is 2.26. The molecule has 2 heterocycles. The number of ether oxygens (including phenoxy) is 1. The van der Waals surface area contributed by atoms with Crippen LogP contribution in [0, 0.1) is 0 Å². The van der Waals surface area contributed by atoms with Gasteiger partial charge >= 0.3 is 0 Å². The molecule has 1 aliphatic heterocycles. The van der Waals surface area contributed by atoms with E-state index in [9.17, 15) is 4.79 Å². The SMILES string of the molecule is CCOc1ccc2nc(SCC(=O)N3[C@@H](C)CCC[C@@H]3C)[nH]c2c1. The number of nitrogens with zero attached hydrogens (tertiary/aromatic N) is 2. The maximum atomic E-state index is 12.6. The summed E-state index contributed by atoms with van der Waals surface area (Å²) in [6, 6.07) is 6.49. The Kier molecular flexibility index (Phi) is 5.33. The van der Waals surface area contributed by atoms with E-state index in [1.54, 1.807) is 0 Å². The Labute approximate surface area is 147 Å². The third-order valence-corrected chi connectivity index (χ3v) is 5.41. The quantitative estimate of drug-likeness (QED) is 0.835. The van der Waals surface area contributed by atoms with E-state index in [1.807, 2.05) is 30.0 Å². The zero-order valence-corrected chi connectivity index (χ0v) is 15.4. The van der Waals surface area contributed by atoms with E-state index in [1.165, 1.54) is 18.2 Å². The van der Waals surface area contributed by atoms with Gasteiger partial charge in [0, 0.05) is 18.2 Å². The van der Waals surface area contributed by atoms with Gasteiger partial charge in [-0.15, -0.1) is 0 Å². The number of hydrogen-bond acceptors (Lipinski definition) is 4. The number of imidazole rings is 1. The number of fused-ring (bicyclic) bond motifs is 1. The summed E-state index contributed by atoms with van der Waals surface area (Å²) in [5.41, 5.74) is 1.84. The normalized spacial score (nSPS) is 21.2. The van der Waals surface area contributed by atoms with Crippen LogP contribution in [0.15, 0.2) is 23.4 Å². The lowest BCUT2D eigenvalue weighted by Gasteiger charge is -2.39. The van der Waals surface area contributed by atoms with Crippen molar-refractivity contribution < 1.29 is 9.53 Å². The Morgan fingerprint density at radius 3 is 2.83 bits per heavy atom. The van der Waals surface area contributed by atoms with E-state index in [0.29, 0.717) is 24.4 Å². The molecule has 5 nitrogen and oxygen atoms in total. The Balaban J connectivity index is 1.65. The number of nitrogens with one attached hydrogen (secondary N) is 1. The number of hydrogen-bond donors (Lipinski definition) is 1. The van der Waals surface area contributed by atoms with Crippen molar-refractivity contribution >= 4 is 28.7 Å². The van der Waals surface area contributed by atoms with Gasteiger partial charge in [-0.1, -0.05) is 11.8 Å². The minimum Gasteiger partial charge on any atom is -0.494 e. The molecule has 2 atom stereocenters. The molecule has 3 rings (SSSR count). The molecule has 1 aliphatic rings. The van der Waals surface area contributed by atoms with Gasteiger partial charge in [-0.05, 0) is 52.2 Å². The van der Waals surface area contributed by atoms with Crippen LogP contribution in [0.1, 0.15) is 40.0 Å². The fourth-order valence-corrected chi connectivity index (χ4v) is 4.16. The second kappa shape index (κ2) is 7.47. The van der Waals surface area contributed by atoms with E-state index >= 15 is 0 Å². The lowest BCUT2D eigenvalue weighted by atomic mass is 9.98. The largest absolute Gasteiger partial charge is 0.494 e. The number of aromatic amines is 1. The van der Waals surface area contributed by atoms with Gasteiger partial charge in [0.05, 0.1) is 23.4 Å². The highest BCUT2D eigenvalue weighted by molar-refractivity contribution is 7.99. The Morgan fingerprint density at radius 1 is 1.38 bits per heavy atom. The van der Waals surface area contributed by atoms with Crippen molar-refractivity contribution in [3.05, 3.63) is 18.2 Å². The zero-order valence-electron chi connectivity index (χ0n) is 14.5. The minimum atomic E-state index is 0.204. The molecule has 1 aromatic heterocycles. The van der Waals surface area contributed by atoms with Crippen LogP contribution in [0.3, 0.4) is 0 Å². The molecule has 0 radical (unpaired) electrons. The van der Waals surface area contributed by atoms with Crippen LogP contribution in [0.4, 0.5) is 0 Å². The third kappa shape index (κ3) is 3.69. The molecule has 6 heteroatoms. The average molecular weight is 347 g/mol. The number of likely N-dealkylation sites (tertiary alicyclic amines) is 1. The van der Waals surface area contributed by atoms with Gasteiger partial charge < -0.3 is 14.6 Å². The van der Waals surface area contributed by atoms with Crippen LogP contribution in [-0.4, -0.2) is 45.2 Å². The van der Waals surface area contributed by atoms with Gasteiger partial charge in [0.1, 0.15) is 5.75 Å². The summed E-state index contributed by atoms with van der Waals surface area (Å²) >= 11 is 1.47. The first-order chi connectivity index (χ1) is 11.6. The maximum absolute atomic E-state index is 12.6. The smallest absolute Gasteiger partial charge is 0.233 e. The molecule has 1 aromatic carbocycles. The van der Waals surface area contributed by atoms with Crippen molar-refractivity contribution in [1.29, 1.82) is 0 Å². The second-order valence-corrected chi connectivity index (χ2v) is 7.34. The van der Waals surface area contributed by atoms with E-state index < -0.39 is 0 Å². The van der Waals surface area contributed by atoms with E-state index in [0.717, 1.165) is 34.8 Å². The first kappa shape index (κ1) is 17.1. The molecule has 1 saturated heterocycles. The van der Waals surface area contributed by atoms with E-state index in [2.05, 4.69) is 23.8 Å². The Hall–Kier alpha value is -1.69. The number of benzene rings is 1. The number of thioether (sulfide) groups is 1. The van der Waals surface area contributed by atoms with E-state index in [4.69, 9.17) is 4.74 Å². The third-order valence-electron chi connectivity index (χ3n) is 4.56. The van der Waals surface area contributed by atoms with Gasteiger partial charge in [-0.3, -0.25) is 4.79 Å². The topological polar surface area (TPSA) is 58.2 Å². The van der Waals surface area contributed by atoms with Crippen molar-refractivity contribution in [2.24, 2.45) is 0 Å². The minimum absolute atomic E-state index is 0.204. The molecule has 2 aromatic rings. The standard InChI is InChI=1S/C18H25N3O2S/c1-4-23-14-8-9-15-16(10-14)20-18(19-15)24-11-17(22)21-12(2)6-5-7-13(21)3/h8-10,12-13H,4-7,11H2,1-3H3,(H,19,20)/t12-,13-/m0/s1. The molecule has 0 aliphatic carbocycles. The van der Waals surface area contributed by atoms with Crippen LogP contribution in [0.25, 0.3) is 11.0 Å². The molecule has 1 N–H and O–H groups in total. The molecule has 0 saturated carbocycles. The summed E-state index contributed by atoms with van der Waals surface area (Å²) in [6.07, 6.45) is 3.42. The summed E-state index contributed by atoms with van der Waals surface area (Å²) in [5, 5.41) is 0.782. The van der Waals surface area contributed by atoms with Gasteiger partial charge in [-0.25, -0.2) is 4.98 Å². The number of carbonyl (C=O) groups excluding carboxylic acids is 1. The number of amides is 1. The molecular formula is C18H25N3O2S. The first-order valence-electron chi connectivity index (χ1n) is 8.65. The van der Waals surface area contributed by atoms with Crippen molar-refractivity contribution in [2.45, 2.75) is 57.3 Å². The average Bonchev–Trinajstić information content (AvgIpc) is 2.95. The molecule has 0 bridgehead atoms. The van der Waals surface area contributed by atoms with Crippen LogP contribution >= 0.6 is 11.8 Å². The number of aromatic nitrogens is 2. The van der Waals surface area contributed by atoms with E-state index in [-0.39, 0.29) is 5.91 Å². The molecule has 130 valence electrons. The molecule has 1 amide bonds. The first-order valence-corrected chi connectivity index (χ1v) is 9.63. The number of H-pyrrole nitrogens is 1. The maximum Gasteiger partial charge on any atom is 0.233 e. The number of carbonyl (C=O) groups is 1. The number of piperidine rings is 1. The summed E-state index contributed by atoms with van der Waals surface area (Å²) in [5.74, 6) is 1.46. The second-order valence-electron chi connectivity index (χ2n) is 6.37. The predicted octanol–water partition coefficient (Wildman–Crippen LogP) is 3.84. The molecule has 24 heavy (non-hydrogen) atoms. The van der Waals surface area contributed by atoms with Gasteiger partial charge in [0.15, 0.2) is 5.16 Å². The van der Waals surface area contributed by atoms with Crippen LogP contribution in [0.2, 0.25) is 0 Å². The fourth-order valence-electron chi connectivity index (χ4n) is 3.41.